The lowest BCUT2D eigenvalue weighted by atomic mass is 10.1. The molecule has 9 heteroatoms. The molecule has 0 aromatic heterocycles. The van der Waals surface area contributed by atoms with Gasteiger partial charge in [0.1, 0.15) is 0 Å². The van der Waals surface area contributed by atoms with Crippen molar-refractivity contribution in [1.29, 1.82) is 0 Å². The summed E-state index contributed by atoms with van der Waals surface area (Å²) in [4.78, 5) is 39.5. The van der Waals surface area contributed by atoms with Gasteiger partial charge in [0.2, 0.25) is 5.91 Å². The third kappa shape index (κ3) is 5.71. The molecule has 1 aliphatic heterocycles. The van der Waals surface area contributed by atoms with E-state index in [4.69, 9.17) is 4.74 Å². The van der Waals surface area contributed by atoms with Crippen molar-refractivity contribution in [1.82, 2.24) is 10.2 Å². The molecule has 2 amide bonds. The number of hydrogen-bond acceptors (Lipinski definition) is 6. The molecule has 31 heavy (non-hydrogen) atoms. The molecule has 1 N–H and O–H groups in total. The number of nitro groups is 1. The molecule has 164 valence electrons. The van der Waals surface area contributed by atoms with Crippen molar-refractivity contribution < 1.29 is 19.2 Å². The zero-order valence-corrected chi connectivity index (χ0v) is 17.5. The third-order valence-electron chi connectivity index (χ3n) is 5.10. The Morgan fingerprint density at radius 1 is 1.10 bits per heavy atom. The second-order valence-corrected chi connectivity index (χ2v) is 7.08. The van der Waals surface area contributed by atoms with E-state index in [2.05, 4.69) is 22.3 Å². The number of benzene rings is 2. The predicted octanol–water partition coefficient (Wildman–Crippen LogP) is 2.46. The van der Waals surface area contributed by atoms with Crippen LogP contribution in [0.3, 0.4) is 0 Å². The first-order valence-electron chi connectivity index (χ1n) is 10.3. The number of nitro benzene ring substituents is 1. The van der Waals surface area contributed by atoms with Crippen LogP contribution in [0.15, 0.2) is 48.5 Å². The average Bonchev–Trinajstić information content (AvgIpc) is 2.80. The maximum absolute atomic E-state index is 12.5. The van der Waals surface area contributed by atoms with Gasteiger partial charge in [-0.15, -0.1) is 0 Å². The van der Waals surface area contributed by atoms with Crippen molar-refractivity contribution in [2.75, 3.05) is 44.2 Å². The van der Waals surface area contributed by atoms with E-state index in [1.165, 1.54) is 18.2 Å². The zero-order valence-electron chi connectivity index (χ0n) is 17.5. The van der Waals surface area contributed by atoms with Crippen molar-refractivity contribution in [3.05, 3.63) is 64.2 Å². The summed E-state index contributed by atoms with van der Waals surface area (Å²) in [5.74, 6) is -0.368. The predicted molar refractivity (Wildman–Crippen MR) is 116 cm³/mol. The number of hydrogen-bond donors (Lipinski definition) is 1. The van der Waals surface area contributed by atoms with Crippen LogP contribution in [-0.2, 0) is 4.79 Å². The van der Waals surface area contributed by atoms with Crippen LogP contribution >= 0.6 is 0 Å². The van der Waals surface area contributed by atoms with Crippen LogP contribution in [0.5, 0.6) is 5.75 Å². The van der Waals surface area contributed by atoms with Crippen LogP contribution < -0.4 is 15.0 Å². The van der Waals surface area contributed by atoms with Gasteiger partial charge < -0.3 is 19.9 Å². The van der Waals surface area contributed by atoms with E-state index in [9.17, 15) is 19.7 Å². The minimum Gasteiger partial charge on any atom is -0.487 e. The van der Waals surface area contributed by atoms with Gasteiger partial charge in [0.15, 0.2) is 5.75 Å². The summed E-state index contributed by atoms with van der Waals surface area (Å²) in [5, 5.41) is 13.9. The SMILES string of the molecule is CCOc1ccc(C(=O)NCCC(=O)N2CCN(c3ccccc3)CC2)cc1[N+](=O)[O-]. The van der Waals surface area contributed by atoms with Gasteiger partial charge in [0.25, 0.3) is 5.91 Å². The molecule has 0 aliphatic carbocycles. The standard InChI is InChI=1S/C22H26N4O5/c1-2-31-20-9-8-17(16-19(20)26(29)30)22(28)23-11-10-21(27)25-14-12-24(13-15-25)18-6-4-3-5-7-18/h3-9,16H,2,10-15H2,1H3,(H,23,28). The topological polar surface area (TPSA) is 105 Å². The number of nitrogens with one attached hydrogen (secondary N) is 1. The maximum Gasteiger partial charge on any atom is 0.311 e. The van der Waals surface area contributed by atoms with E-state index in [1.807, 2.05) is 18.2 Å². The number of rotatable bonds is 8. The molecule has 3 rings (SSSR count). The smallest absolute Gasteiger partial charge is 0.311 e. The van der Waals surface area contributed by atoms with E-state index >= 15 is 0 Å². The lowest BCUT2D eigenvalue weighted by molar-refractivity contribution is -0.385. The number of carbonyl (C=O) groups excluding carboxylic acids is 2. The van der Waals surface area contributed by atoms with E-state index in [0.717, 1.165) is 18.8 Å². The first kappa shape index (κ1) is 22.1. The maximum atomic E-state index is 12.5. The summed E-state index contributed by atoms with van der Waals surface area (Å²) in [6.07, 6.45) is 0.177. The summed E-state index contributed by atoms with van der Waals surface area (Å²) in [6.45, 7) is 4.96. The molecule has 2 aromatic rings. The number of amides is 2. The molecule has 1 aliphatic rings. The van der Waals surface area contributed by atoms with Gasteiger partial charge in [-0.05, 0) is 31.2 Å². The van der Waals surface area contributed by atoms with Crippen LogP contribution in [0, 0.1) is 10.1 Å². The van der Waals surface area contributed by atoms with Gasteiger partial charge in [-0.1, -0.05) is 18.2 Å². The lowest BCUT2D eigenvalue weighted by Crippen LogP contribution is -2.49. The fourth-order valence-electron chi connectivity index (χ4n) is 3.47. The fourth-order valence-corrected chi connectivity index (χ4v) is 3.47. The molecular formula is C22H26N4O5. The van der Waals surface area contributed by atoms with Crippen LogP contribution in [0.25, 0.3) is 0 Å². The minimum absolute atomic E-state index is 0.0225. The van der Waals surface area contributed by atoms with Gasteiger partial charge in [-0.25, -0.2) is 0 Å². The summed E-state index contributed by atoms with van der Waals surface area (Å²) < 4.78 is 5.22. The summed E-state index contributed by atoms with van der Waals surface area (Å²) in [7, 11) is 0. The van der Waals surface area contributed by atoms with Crippen molar-refractivity contribution in [3.63, 3.8) is 0 Å². The van der Waals surface area contributed by atoms with E-state index < -0.39 is 10.8 Å². The Morgan fingerprint density at radius 3 is 2.45 bits per heavy atom. The van der Waals surface area contributed by atoms with Gasteiger partial charge in [0, 0.05) is 56.5 Å². The molecule has 0 spiro atoms. The van der Waals surface area contributed by atoms with E-state index in [1.54, 1.807) is 11.8 Å². The Kier molecular flexibility index (Phi) is 7.42. The van der Waals surface area contributed by atoms with Gasteiger partial charge in [0.05, 0.1) is 11.5 Å². The van der Waals surface area contributed by atoms with Gasteiger partial charge >= 0.3 is 5.69 Å². The van der Waals surface area contributed by atoms with Crippen LogP contribution in [0.1, 0.15) is 23.7 Å². The first-order valence-corrected chi connectivity index (χ1v) is 10.3. The average molecular weight is 426 g/mol. The Hall–Kier alpha value is -3.62. The lowest BCUT2D eigenvalue weighted by Gasteiger charge is -2.36. The Morgan fingerprint density at radius 2 is 1.81 bits per heavy atom. The molecule has 9 nitrogen and oxygen atoms in total. The third-order valence-corrected chi connectivity index (χ3v) is 5.10. The monoisotopic (exact) mass is 426 g/mol. The molecule has 1 saturated heterocycles. The molecule has 1 fully saturated rings. The molecular weight excluding hydrogens is 400 g/mol. The van der Waals surface area contributed by atoms with Crippen LogP contribution in [0.4, 0.5) is 11.4 Å². The normalized spacial score (nSPS) is 13.6. The molecule has 0 unspecified atom stereocenters. The highest BCUT2D eigenvalue weighted by molar-refractivity contribution is 5.95. The second kappa shape index (κ2) is 10.4. The molecule has 1 heterocycles. The van der Waals surface area contributed by atoms with E-state index in [0.29, 0.717) is 13.1 Å². The summed E-state index contributed by atoms with van der Waals surface area (Å²) in [5.41, 5.74) is 1.03. The Labute approximate surface area is 180 Å². The Bertz CT molecular complexity index is 927. The molecule has 0 radical (unpaired) electrons. The quantitative estimate of drug-likeness (QED) is 0.514. The number of anilines is 1. The van der Waals surface area contributed by atoms with E-state index in [-0.39, 0.29) is 42.5 Å². The summed E-state index contributed by atoms with van der Waals surface area (Å²) in [6, 6.07) is 14.1. The van der Waals surface area contributed by atoms with Gasteiger partial charge in [-0.3, -0.25) is 19.7 Å². The van der Waals surface area contributed by atoms with Crippen LogP contribution in [0.2, 0.25) is 0 Å². The minimum atomic E-state index is -0.583. The Balaban J connectivity index is 1.47. The largest absolute Gasteiger partial charge is 0.487 e. The van der Waals surface area contributed by atoms with Crippen molar-refractivity contribution in [2.45, 2.75) is 13.3 Å². The number of para-hydroxylation sites is 1. The van der Waals surface area contributed by atoms with Gasteiger partial charge in [-0.2, -0.15) is 0 Å². The molecule has 0 saturated carbocycles. The summed E-state index contributed by atoms with van der Waals surface area (Å²) >= 11 is 0. The van der Waals surface area contributed by atoms with Crippen molar-refractivity contribution >= 4 is 23.2 Å². The molecule has 2 aromatic carbocycles. The second-order valence-electron chi connectivity index (χ2n) is 7.08. The zero-order chi connectivity index (χ0) is 22.2. The number of nitrogens with zero attached hydrogens (tertiary/aromatic N) is 3. The van der Waals surface area contributed by atoms with Crippen molar-refractivity contribution in [3.8, 4) is 5.75 Å². The highest BCUT2D eigenvalue weighted by Gasteiger charge is 2.22. The fraction of sp³-hybridized carbons (Fsp3) is 0.364. The molecule has 0 atom stereocenters. The highest BCUT2D eigenvalue weighted by Crippen LogP contribution is 2.28. The molecule has 0 bridgehead atoms. The number of ether oxygens (including phenoxy) is 1. The van der Waals surface area contributed by atoms with Crippen LogP contribution in [-0.4, -0.2) is 61.0 Å². The van der Waals surface area contributed by atoms with Crippen molar-refractivity contribution in [2.24, 2.45) is 0 Å². The number of carbonyl (C=O) groups is 2. The number of piperazine rings is 1. The highest BCUT2D eigenvalue weighted by atomic mass is 16.6. The first-order chi connectivity index (χ1) is 15.0.